The maximum atomic E-state index is 11.8. The Hall–Kier alpha value is -2.55. The van der Waals surface area contributed by atoms with Gasteiger partial charge in [0.05, 0.1) is 7.11 Å². The molecule has 0 aliphatic rings. The van der Waals surface area contributed by atoms with Crippen LogP contribution in [0.25, 0.3) is 6.08 Å². The number of carbonyl (C=O) groups excluding carboxylic acids is 1. The molecule has 3 nitrogen and oxygen atoms in total. The number of hydrogen-bond donors (Lipinski definition) is 1. The van der Waals surface area contributed by atoms with Crippen LogP contribution >= 0.6 is 0 Å². The minimum atomic E-state index is -0.371. The van der Waals surface area contributed by atoms with E-state index in [1.54, 1.807) is 6.08 Å². The lowest BCUT2D eigenvalue weighted by Gasteiger charge is -2.09. The Morgan fingerprint density at radius 2 is 1.65 bits per heavy atom. The SMILES string of the molecule is COC(=O)/C(=C\c1ccccc1)NCc1ccccc1. The lowest BCUT2D eigenvalue weighted by Crippen LogP contribution is -2.21. The van der Waals surface area contributed by atoms with E-state index in [4.69, 9.17) is 4.74 Å². The normalized spacial score (nSPS) is 10.9. The summed E-state index contributed by atoms with van der Waals surface area (Å²) in [5.41, 5.74) is 2.51. The highest BCUT2D eigenvalue weighted by molar-refractivity contribution is 5.92. The van der Waals surface area contributed by atoms with Crippen LogP contribution in [0.2, 0.25) is 0 Å². The van der Waals surface area contributed by atoms with Crippen LogP contribution in [0.15, 0.2) is 66.4 Å². The first-order valence-electron chi connectivity index (χ1n) is 6.42. The van der Waals surface area contributed by atoms with Crippen LogP contribution in [0.5, 0.6) is 0 Å². The predicted molar refractivity (Wildman–Crippen MR) is 79.7 cm³/mol. The average molecular weight is 267 g/mol. The zero-order valence-corrected chi connectivity index (χ0v) is 11.4. The average Bonchev–Trinajstić information content (AvgIpc) is 2.52. The van der Waals surface area contributed by atoms with Gasteiger partial charge in [-0.15, -0.1) is 0 Å². The smallest absolute Gasteiger partial charge is 0.354 e. The minimum absolute atomic E-state index is 0.371. The molecule has 0 fully saturated rings. The molecule has 2 aromatic carbocycles. The van der Waals surface area contributed by atoms with Crippen molar-refractivity contribution in [2.24, 2.45) is 0 Å². The number of nitrogens with one attached hydrogen (secondary N) is 1. The molecule has 0 radical (unpaired) electrons. The van der Waals surface area contributed by atoms with E-state index in [0.717, 1.165) is 11.1 Å². The summed E-state index contributed by atoms with van der Waals surface area (Å²) in [5, 5.41) is 3.12. The van der Waals surface area contributed by atoms with Crippen LogP contribution in [0.1, 0.15) is 11.1 Å². The highest BCUT2D eigenvalue weighted by atomic mass is 16.5. The molecule has 0 bridgehead atoms. The highest BCUT2D eigenvalue weighted by Crippen LogP contribution is 2.07. The Morgan fingerprint density at radius 1 is 1.05 bits per heavy atom. The van der Waals surface area contributed by atoms with E-state index in [0.29, 0.717) is 12.2 Å². The van der Waals surface area contributed by atoms with Gasteiger partial charge in [-0.25, -0.2) is 4.79 Å². The maximum absolute atomic E-state index is 11.8. The van der Waals surface area contributed by atoms with Crippen molar-refractivity contribution in [1.82, 2.24) is 5.32 Å². The molecule has 0 aliphatic heterocycles. The molecule has 20 heavy (non-hydrogen) atoms. The molecule has 0 saturated carbocycles. The highest BCUT2D eigenvalue weighted by Gasteiger charge is 2.09. The maximum Gasteiger partial charge on any atom is 0.354 e. The number of hydrogen-bond acceptors (Lipinski definition) is 3. The number of benzene rings is 2. The third-order valence-electron chi connectivity index (χ3n) is 2.84. The quantitative estimate of drug-likeness (QED) is 0.668. The third-order valence-corrected chi connectivity index (χ3v) is 2.84. The van der Waals surface area contributed by atoms with E-state index in [9.17, 15) is 4.79 Å². The lowest BCUT2D eigenvalue weighted by molar-refractivity contribution is -0.136. The van der Waals surface area contributed by atoms with Gasteiger partial charge in [-0.3, -0.25) is 0 Å². The van der Waals surface area contributed by atoms with E-state index in [2.05, 4.69) is 5.32 Å². The molecule has 0 atom stereocenters. The Bertz CT molecular complexity index is 576. The zero-order chi connectivity index (χ0) is 14.2. The third kappa shape index (κ3) is 3.99. The Morgan fingerprint density at radius 3 is 2.25 bits per heavy atom. The second kappa shape index (κ2) is 7.14. The van der Waals surface area contributed by atoms with Gasteiger partial charge in [0.1, 0.15) is 5.70 Å². The predicted octanol–water partition coefficient (Wildman–Crippen LogP) is 2.99. The van der Waals surface area contributed by atoms with Crippen LogP contribution in [-0.2, 0) is 16.1 Å². The lowest BCUT2D eigenvalue weighted by atomic mass is 10.2. The molecule has 1 N–H and O–H groups in total. The molecule has 102 valence electrons. The molecule has 0 aliphatic carbocycles. The molecule has 0 heterocycles. The van der Waals surface area contributed by atoms with Crippen LogP contribution in [-0.4, -0.2) is 13.1 Å². The Labute approximate surface area is 118 Å². The fraction of sp³-hybridized carbons (Fsp3) is 0.118. The Balaban J connectivity index is 2.12. The summed E-state index contributed by atoms with van der Waals surface area (Å²) in [5.74, 6) is -0.371. The van der Waals surface area contributed by atoms with Crippen molar-refractivity contribution in [1.29, 1.82) is 0 Å². The van der Waals surface area contributed by atoms with Crippen molar-refractivity contribution in [3.8, 4) is 0 Å². The van der Waals surface area contributed by atoms with Gasteiger partial charge in [-0.05, 0) is 17.2 Å². The molecular formula is C17H17NO2. The summed E-state index contributed by atoms with van der Waals surface area (Å²) in [7, 11) is 1.38. The van der Waals surface area contributed by atoms with Gasteiger partial charge in [-0.2, -0.15) is 0 Å². The zero-order valence-electron chi connectivity index (χ0n) is 11.4. The van der Waals surface area contributed by atoms with Crippen LogP contribution in [0.3, 0.4) is 0 Å². The van der Waals surface area contributed by atoms with Gasteiger partial charge in [-0.1, -0.05) is 60.7 Å². The number of esters is 1. The monoisotopic (exact) mass is 267 g/mol. The second-order valence-electron chi connectivity index (χ2n) is 4.30. The van der Waals surface area contributed by atoms with Crippen LogP contribution in [0, 0.1) is 0 Å². The van der Waals surface area contributed by atoms with E-state index in [1.165, 1.54) is 7.11 Å². The van der Waals surface area contributed by atoms with Gasteiger partial charge in [0.2, 0.25) is 0 Å². The van der Waals surface area contributed by atoms with E-state index < -0.39 is 0 Å². The van der Waals surface area contributed by atoms with Crippen molar-refractivity contribution in [2.75, 3.05) is 7.11 Å². The van der Waals surface area contributed by atoms with E-state index in [1.807, 2.05) is 60.7 Å². The second-order valence-corrected chi connectivity index (χ2v) is 4.30. The van der Waals surface area contributed by atoms with Gasteiger partial charge >= 0.3 is 5.97 Å². The molecular weight excluding hydrogens is 250 g/mol. The fourth-order valence-electron chi connectivity index (χ4n) is 1.80. The van der Waals surface area contributed by atoms with Gasteiger partial charge in [0, 0.05) is 6.54 Å². The molecule has 0 spiro atoms. The molecule has 2 rings (SSSR count). The van der Waals surface area contributed by atoms with Crippen molar-refractivity contribution in [2.45, 2.75) is 6.54 Å². The number of ether oxygens (including phenoxy) is 1. The first kappa shape index (κ1) is 13.9. The van der Waals surface area contributed by atoms with E-state index in [-0.39, 0.29) is 5.97 Å². The van der Waals surface area contributed by atoms with Gasteiger partial charge in [0.25, 0.3) is 0 Å². The van der Waals surface area contributed by atoms with Crippen molar-refractivity contribution in [3.05, 3.63) is 77.5 Å². The summed E-state index contributed by atoms with van der Waals surface area (Å²) in [4.78, 5) is 11.8. The molecule has 0 aromatic heterocycles. The summed E-state index contributed by atoms with van der Waals surface area (Å²) in [6, 6.07) is 19.6. The topological polar surface area (TPSA) is 38.3 Å². The van der Waals surface area contributed by atoms with Crippen molar-refractivity contribution in [3.63, 3.8) is 0 Å². The number of methoxy groups -OCH3 is 1. The summed E-state index contributed by atoms with van der Waals surface area (Å²) < 4.78 is 4.80. The van der Waals surface area contributed by atoms with Crippen LogP contribution in [0.4, 0.5) is 0 Å². The summed E-state index contributed by atoms with van der Waals surface area (Å²) in [6.45, 7) is 0.578. The number of carbonyl (C=O) groups is 1. The molecule has 2 aromatic rings. The molecule has 0 saturated heterocycles. The first-order chi connectivity index (χ1) is 9.79. The van der Waals surface area contributed by atoms with Gasteiger partial charge in [0.15, 0.2) is 0 Å². The molecule has 3 heteroatoms. The van der Waals surface area contributed by atoms with E-state index >= 15 is 0 Å². The number of rotatable bonds is 5. The van der Waals surface area contributed by atoms with Gasteiger partial charge < -0.3 is 10.1 Å². The Kier molecular flexibility index (Phi) is 4.95. The van der Waals surface area contributed by atoms with Crippen molar-refractivity contribution < 1.29 is 9.53 Å². The minimum Gasteiger partial charge on any atom is -0.464 e. The molecule has 0 unspecified atom stereocenters. The molecule has 0 amide bonds. The largest absolute Gasteiger partial charge is 0.464 e. The summed E-state index contributed by atoms with van der Waals surface area (Å²) in [6.07, 6.45) is 1.79. The fourth-order valence-corrected chi connectivity index (χ4v) is 1.80. The van der Waals surface area contributed by atoms with Crippen LogP contribution < -0.4 is 5.32 Å². The summed E-state index contributed by atoms with van der Waals surface area (Å²) >= 11 is 0. The standard InChI is InChI=1S/C17H17NO2/c1-20-17(19)16(12-14-8-4-2-5-9-14)18-13-15-10-6-3-7-11-15/h2-12,18H,13H2,1H3/b16-12+. The van der Waals surface area contributed by atoms with Crippen molar-refractivity contribution >= 4 is 12.0 Å². The first-order valence-corrected chi connectivity index (χ1v) is 6.42.